The number of aromatic nitrogens is 1. The Bertz CT molecular complexity index is 267. The molecule has 0 saturated carbocycles. The third-order valence-electron chi connectivity index (χ3n) is 1.13. The van der Waals surface area contributed by atoms with Crippen LogP contribution in [0.1, 0.15) is 29.3 Å². The molecule has 1 aromatic heterocycles. The maximum Gasteiger partial charge on any atom is 0.357 e. The summed E-state index contributed by atoms with van der Waals surface area (Å²) in [6.45, 7) is 1.66. The number of aromatic carboxylic acids is 1. The number of rotatable bonds is 2. The Balaban J connectivity index is 2.90. The van der Waals surface area contributed by atoms with Crippen molar-refractivity contribution in [3.8, 4) is 0 Å². The Labute approximate surface area is 62.8 Å². The second kappa shape index (κ2) is 2.71. The molecule has 0 aliphatic heterocycles. The molecule has 0 amide bonds. The highest BCUT2D eigenvalue weighted by atomic mass is 16.4. The lowest BCUT2D eigenvalue weighted by molar-refractivity contribution is 0.0690. The summed E-state index contributed by atoms with van der Waals surface area (Å²) in [5.41, 5.74) is 5.26. The van der Waals surface area contributed by atoms with Crippen molar-refractivity contribution in [2.75, 3.05) is 0 Å². The number of carboxylic acid groups (broad SMARTS) is 1. The summed E-state index contributed by atoms with van der Waals surface area (Å²) in [6, 6.07) is -0.372. The van der Waals surface area contributed by atoms with Gasteiger partial charge >= 0.3 is 5.97 Å². The van der Waals surface area contributed by atoms with E-state index in [1.165, 1.54) is 0 Å². The fourth-order valence-corrected chi connectivity index (χ4v) is 0.595. The largest absolute Gasteiger partial charge is 0.476 e. The third kappa shape index (κ3) is 1.56. The van der Waals surface area contributed by atoms with E-state index >= 15 is 0 Å². The molecule has 0 fully saturated rings. The van der Waals surface area contributed by atoms with Gasteiger partial charge in [0, 0.05) is 0 Å². The van der Waals surface area contributed by atoms with Crippen molar-refractivity contribution in [1.29, 1.82) is 0 Å². The van der Waals surface area contributed by atoms with E-state index in [0.717, 1.165) is 6.26 Å². The second-order valence-electron chi connectivity index (χ2n) is 2.16. The average Bonchev–Trinajstić information content (AvgIpc) is 2.33. The van der Waals surface area contributed by atoms with Gasteiger partial charge in [0.05, 0.1) is 6.04 Å². The molecule has 5 nitrogen and oxygen atoms in total. The number of carbonyl (C=O) groups is 1. The average molecular weight is 156 g/mol. The summed E-state index contributed by atoms with van der Waals surface area (Å²) in [5.74, 6) is -0.872. The van der Waals surface area contributed by atoms with Crippen LogP contribution in [0.25, 0.3) is 0 Å². The van der Waals surface area contributed by atoms with Crippen molar-refractivity contribution in [2.45, 2.75) is 13.0 Å². The van der Waals surface area contributed by atoms with Gasteiger partial charge in [0.25, 0.3) is 0 Å². The van der Waals surface area contributed by atoms with Crippen molar-refractivity contribution >= 4 is 5.97 Å². The van der Waals surface area contributed by atoms with E-state index in [4.69, 9.17) is 15.3 Å². The van der Waals surface area contributed by atoms with Crippen molar-refractivity contribution in [3.05, 3.63) is 17.8 Å². The number of nitrogens with two attached hydrogens (primary N) is 1. The molecular weight excluding hydrogens is 148 g/mol. The minimum Gasteiger partial charge on any atom is -0.476 e. The van der Waals surface area contributed by atoms with E-state index in [1.807, 2.05) is 0 Å². The number of carboxylic acids is 1. The molecule has 0 aliphatic rings. The Morgan fingerprint density at radius 2 is 2.55 bits per heavy atom. The molecule has 3 N–H and O–H groups in total. The lowest BCUT2D eigenvalue weighted by atomic mass is 10.4. The van der Waals surface area contributed by atoms with Gasteiger partial charge in [-0.3, -0.25) is 0 Å². The summed E-state index contributed by atoms with van der Waals surface area (Å²) >= 11 is 0. The molecule has 0 aliphatic carbocycles. The lowest BCUT2D eigenvalue weighted by Gasteiger charge is -1.94. The highest BCUT2D eigenvalue weighted by Gasteiger charge is 2.12. The van der Waals surface area contributed by atoms with Crippen LogP contribution >= 0.6 is 0 Å². The molecule has 1 heterocycles. The summed E-state index contributed by atoms with van der Waals surface area (Å²) in [6.07, 6.45) is 1.07. The Morgan fingerprint density at radius 3 is 2.82 bits per heavy atom. The third-order valence-corrected chi connectivity index (χ3v) is 1.13. The molecule has 60 valence electrons. The van der Waals surface area contributed by atoms with Gasteiger partial charge in [0.2, 0.25) is 5.89 Å². The maximum absolute atomic E-state index is 10.3. The van der Waals surface area contributed by atoms with Crippen LogP contribution in [0.15, 0.2) is 10.7 Å². The van der Waals surface area contributed by atoms with Crippen LogP contribution in [-0.4, -0.2) is 16.1 Å². The lowest BCUT2D eigenvalue weighted by Crippen LogP contribution is -2.06. The Hall–Kier alpha value is -1.36. The van der Waals surface area contributed by atoms with Crippen LogP contribution in [-0.2, 0) is 0 Å². The Kier molecular flexibility index (Phi) is 1.91. The monoisotopic (exact) mass is 156 g/mol. The predicted molar refractivity (Wildman–Crippen MR) is 36.1 cm³/mol. The SMILES string of the molecule is C[C@H](N)c1nc(C(=O)O)co1. The number of nitrogens with zero attached hydrogens (tertiary/aromatic N) is 1. The second-order valence-corrected chi connectivity index (χ2v) is 2.16. The molecule has 0 aromatic carbocycles. The van der Waals surface area contributed by atoms with E-state index < -0.39 is 5.97 Å². The van der Waals surface area contributed by atoms with Gasteiger partial charge in [-0.1, -0.05) is 0 Å². The van der Waals surface area contributed by atoms with Gasteiger partial charge < -0.3 is 15.3 Å². The Morgan fingerprint density at radius 1 is 1.91 bits per heavy atom. The van der Waals surface area contributed by atoms with Crippen molar-refractivity contribution in [3.63, 3.8) is 0 Å². The van der Waals surface area contributed by atoms with E-state index in [-0.39, 0.29) is 17.6 Å². The smallest absolute Gasteiger partial charge is 0.357 e. The summed E-state index contributed by atoms with van der Waals surface area (Å²) in [5, 5.41) is 8.42. The molecule has 1 rings (SSSR count). The van der Waals surface area contributed by atoms with Gasteiger partial charge in [-0.05, 0) is 6.92 Å². The van der Waals surface area contributed by atoms with Crippen molar-refractivity contribution in [2.24, 2.45) is 5.73 Å². The zero-order valence-electron chi connectivity index (χ0n) is 5.94. The van der Waals surface area contributed by atoms with E-state index in [1.54, 1.807) is 6.92 Å². The van der Waals surface area contributed by atoms with E-state index in [2.05, 4.69) is 4.98 Å². The maximum atomic E-state index is 10.3. The van der Waals surface area contributed by atoms with Crippen LogP contribution in [0.2, 0.25) is 0 Å². The number of oxazole rings is 1. The molecule has 0 spiro atoms. The summed E-state index contributed by atoms with van der Waals surface area (Å²) in [4.78, 5) is 13.9. The van der Waals surface area contributed by atoms with Gasteiger partial charge in [0.1, 0.15) is 6.26 Å². The zero-order chi connectivity index (χ0) is 8.43. The zero-order valence-corrected chi connectivity index (χ0v) is 5.94. The fourth-order valence-electron chi connectivity index (χ4n) is 0.595. The quantitative estimate of drug-likeness (QED) is 0.646. The summed E-state index contributed by atoms with van der Waals surface area (Å²) < 4.78 is 4.77. The van der Waals surface area contributed by atoms with Crippen molar-refractivity contribution in [1.82, 2.24) is 4.98 Å². The topological polar surface area (TPSA) is 89.3 Å². The molecule has 0 radical (unpaired) electrons. The first-order valence-electron chi connectivity index (χ1n) is 3.05. The molecule has 5 heteroatoms. The van der Waals surface area contributed by atoms with E-state index in [9.17, 15) is 4.79 Å². The van der Waals surface area contributed by atoms with Crippen LogP contribution < -0.4 is 5.73 Å². The predicted octanol–water partition coefficient (Wildman–Crippen LogP) is 0.392. The van der Waals surface area contributed by atoms with Crippen LogP contribution in [0.3, 0.4) is 0 Å². The van der Waals surface area contributed by atoms with E-state index in [0.29, 0.717) is 0 Å². The minimum absolute atomic E-state index is 0.114. The fraction of sp³-hybridized carbons (Fsp3) is 0.333. The van der Waals surface area contributed by atoms with Crippen LogP contribution in [0.5, 0.6) is 0 Å². The molecule has 0 saturated heterocycles. The van der Waals surface area contributed by atoms with Crippen LogP contribution in [0, 0.1) is 0 Å². The number of hydrogen-bond donors (Lipinski definition) is 2. The first-order chi connectivity index (χ1) is 5.11. The minimum atomic E-state index is -1.11. The van der Waals surface area contributed by atoms with Gasteiger partial charge in [0.15, 0.2) is 5.69 Å². The first kappa shape index (κ1) is 7.74. The standard InChI is InChI=1S/C6H8N2O3/c1-3(7)5-8-4(2-11-5)6(9)10/h2-3H,7H2,1H3,(H,9,10)/t3-/m0/s1. The molecule has 0 unspecified atom stereocenters. The van der Waals surface area contributed by atoms with Crippen molar-refractivity contribution < 1.29 is 14.3 Å². The first-order valence-corrected chi connectivity index (χ1v) is 3.05. The normalized spacial score (nSPS) is 12.9. The molecule has 0 bridgehead atoms. The highest BCUT2D eigenvalue weighted by molar-refractivity contribution is 5.84. The van der Waals surface area contributed by atoms with Gasteiger partial charge in [-0.15, -0.1) is 0 Å². The number of hydrogen-bond acceptors (Lipinski definition) is 4. The summed E-state index contributed by atoms with van der Waals surface area (Å²) in [7, 11) is 0. The molecule has 1 aromatic rings. The molecular formula is C6H8N2O3. The van der Waals surface area contributed by atoms with Gasteiger partial charge in [-0.25, -0.2) is 9.78 Å². The van der Waals surface area contributed by atoms with Crippen LogP contribution in [0.4, 0.5) is 0 Å². The van der Waals surface area contributed by atoms with Gasteiger partial charge in [-0.2, -0.15) is 0 Å². The molecule has 11 heavy (non-hydrogen) atoms. The molecule has 1 atom stereocenters. The highest BCUT2D eigenvalue weighted by Crippen LogP contribution is 2.08.